The van der Waals surface area contributed by atoms with Crippen molar-refractivity contribution >= 4 is 53.7 Å². The fraction of sp³-hybridized carbons (Fsp3) is 0.150. The van der Waals surface area contributed by atoms with Crippen LogP contribution in [-0.4, -0.2) is 4.01 Å². The molecule has 0 spiro atoms. The first-order valence-corrected chi connectivity index (χ1v) is 9.74. The summed E-state index contributed by atoms with van der Waals surface area (Å²) in [4.78, 5) is 0. The largest absolute Gasteiger partial charge is 0.0930 e. The highest BCUT2D eigenvalue weighted by molar-refractivity contribution is 14.2. The van der Waals surface area contributed by atoms with Crippen LogP contribution in [0.25, 0.3) is 29.0 Å². The summed E-state index contributed by atoms with van der Waals surface area (Å²) in [5.74, 6) is 0. The molecule has 1 aliphatic carbocycles. The number of rotatable bonds is 0. The SMILES string of the molecule is CC1(C)C=Cc2c3c(c4ccccc4c2C=C1)C=IC=C3. The zero-order chi connectivity index (χ0) is 14.4. The maximum absolute atomic E-state index is 2.46. The lowest BCUT2D eigenvalue weighted by Crippen LogP contribution is -2.00. The van der Waals surface area contributed by atoms with Gasteiger partial charge in [0, 0.05) is 5.41 Å². The molecule has 0 amide bonds. The molecule has 21 heavy (non-hydrogen) atoms. The topological polar surface area (TPSA) is 0 Å². The van der Waals surface area contributed by atoms with Crippen LogP contribution in [0.2, 0.25) is 0 Å². The van der Waals surface area contributed by atoms with Crippen molar-refractivity contribution in [1.82, 2.24) is 0 Å². The van der Waals surface area contributed by atoms with E-state index in [0.717, 1.165) is 0 Å². The van der Waals surface area contributed by atoms with Crippen molar-refractivity contribution in [3.8, 4) is 0 Å². The molecule has 4 rings (SSSR count). The van der Waals surface area contributed by atoms with Crippen LogP contribution in [0.1, 0.15) is 36.1 Å². The standard InChI is InChI=1S/C20H17I/c1-20(2)10-7-16-14-5-3-4-6-15(14)19-13-21-12-9-18(19)17(16)8-11-20/h3-13H,1-2H3. The van der Waals surface area contributed by atoms with E-state index in [-0.39, 0.29) is 26.1 Å². The second-order valence-electron chi connectivity index (χ2n) is 6.22. The first kappa shape index (κ1) is 13.2. The molecule has 0 fully saturated rings. The zero-order valence-electron chi connectivity index (χ0n) is 12.2. The monoisotopic (exact) mass is 384 g/mol. The maximum atomic E-state index is 2.46. The second kappa shape index (κ2) is 4.77. The quantitative estimate of drug-likeness (QED) is 0.488. The molecule has 0 atom stereocenters. The Labute approximate surface area is 135 Å². The molecule has 0 bridgehead atoms. The number of halogens is 1. The van der Waals surface area contributed by atoms with Crippen LogP contribution >= 0.6 is 20.7 Å². The molecular formula is C20H17I. The second-order valence-corrected chi connectivity index (χ2v) is 8.28. The molecule has 0 saturated carbocycles. The van der Waals surface area contributed by atoms with Gasteiger partial charge in [0.1, 0.15) is 0 Å². The molecule has 0 unspecified atom stereocenters. The number of fused-ring (bicyclic) bond motifs is 6. The van der Waals surface area contributed by atoms with Gasteiger partial charge < -0.3 is 0 Å². The molecule has 104 valence electrons. The van der Waals surface area contributed by atoms with Crippen LogP contribution in [0.15, 0.2) is 40.5 Å². The molecule has 0 radical (unpaired) electrons. The van der Waals surface area contributed by atoms with Gasteiger partial charge in [0.25, 0.3) is 0 Å². The molecule has 1 aliphatic heterocycles. The van der Waals surface area contributed by atoms with E-state index in [1.807, 2.05) is 0 Å². The lowest BCUT2D eigenvalue weighted by molar-refractivity contribution is 0.633. The zero-order valence-corrected chi connectivity index (χ0v) is 14.4. The smallest absolute Gasteiger partial charge is 0.00111 e. The normalized spacial score (nSPS) is 18.0. The molecule has 2 aromatic carbocycles. The summed E-state index contributed by atoms with van der Waals surface area (Å²) in [6, 6.07) is 8.83. The molecule has 0 nitrogen and oxygen atoms in total. The number of benzene rings is 2. The Morgan fingerprint density at radius 1 is 0.762 bits per heavy atom. The minimum atomic E-state index is 0.0626. The van der Waals surface area contributed by atoms with Crippen LogP contribution in [0, 0.1) is 5.41 Å². The van der Waals surface area contributed by atoms with Crippen molar-refractivity contribution in [2.75, 3.05) is 0 Å². The first-order chi connectivity index (χ1) is 10.2. The lowest BCUT2D eigenvalue weighted by atomic mass is 9.89. The van der Waals surface area contributed by atoms with Crippen molar-refractivity contribution < 1.29 is 0 Å². The summed E-state index contributed by atoms with van der Waals surface area (Å²) >= 11 is 0.0626. The fourth-order valence-electron chi connectivity index (χ4n) is 3.04. The Hall–Kier alpha value is -1.48. The third-order valence-electron chi connectivity index (χ3n) is 4.21. The Morgan fingerprint density at radius 3 is 2.14 bits per heavy atom. The summed E-state index contributed by atoms with van der Waals surface area (Å²) in [5, 5.41) is 2.77. The molecule has 2 aliphatic rings. The number of hydrogen-bond donors (Lipinski definition) is 0. The number of allylic oxidation sites excluding steroid dienone is 2. The highest BCUT2D eigenvalue weighted by Crippen LogP contribution is 2.38. The van der Waals surface area contributed by atoms with Gasteiger partial charge in [0.15, 0.2) is 0 Å². The average Bonchev–Trinajstić information content (AvgIpc) is 2.67. The average molecular weight is 384 g/mol. The van der Waals surface area contributed by atoms with E-state index >= 15 is 0 Å². The molecule has 1 heteroatoms. The highest BCUT2D eigenvalue weighted by atomic mass is 127. The minimum absolute atomic E-state index is 0.0626. The highest BCUT2D eigenvalue weighted by Gasteiger charge is 2.19. The van der Waals surface area contributed by atoms with Gasteiger partial charge in [0.05, 0.1) is 0 Å². The van der Waals surface area contributed by atoms with E-state index in [0.29, 0.717) is 0 Å². The Bertz CT molecular complexity index is 861. The van der Waals surface area contributed by atoms with E-state index in [2.05, 4.69) is 76.6 Å². The molecular weight excluding hydrogens is 367 g/mol. The van der Waals surface area contributed by atoms with Crippen LogP contribution in [-0.2, 0) is 0 Å². The van der Waals surface area contributed by atoms with Crippen molar-refractivity contribution in [1.29, 1.82) is 0 Å². The van der Waals surface area contributed by atoms with Crippen LogP contribution in [0.4, 0.5) is 0 Å². The van der Waals surface area contributed by atoms with Crippen LogP contribution in [0.5, 0.6) is 0 Å². The van der Waals surface area contributed by atoms with Gasteiger partial charge in [-0.1, -0.05) is 83.1 Å². The molecule has 0 saturated heterocycles. The Morgan fingerprint density at radius 2 is 1.38 bits per heavy atom. The third-order valence-corrected chi connectivity index (χ3v) is 5.97. The molecule has 2 aromatic rings. The summed E-state index contributed by atoms with van der Waals surface area (Å²) in [6.45, 7) is 4.52. The van der Waals surface area contributed by atoms with Gasteiger partial charge in [-0.2, -0.15) is 0 Å². The Kier molecular flexibility index (Phi) is 3.00. The minimum Gasteiger partial charge on any atom is -0.0930 e. The van der Waals surface area contributed by atoms with E-state index in [1.54, 1.807) is 0 Å². The fourth-order valence-corrected chi connectivity index (χ4v) is 4.85. The van der Waals surface area contributed by atoms with Crippen molar-refractivity contribution in [2.45, 2.75) is 13.8 Å². The van der Waals surface area contributed by atoms with Gasteiger partial charge in [-0.25, -0.2) is 0 Å². The van der Waals surface area contributed by atoms with E-state index < -0.39 is 0 Å². The Balaban J connectivity index is 2.18. The number of hydrogen-bond acceptors (Lipinski definition) is 0. The van der Waals surface area contributed by atoms with Crippen LogP contribution in [0.3, 0.4) is 0 Å². The first-order valence-electron chi connectivity index (χ1n) is 7.25. The molecule has 1 heterocycles. The van der Waals surface area contributed by atoms with Gasteiger partial charge in [-0.15, -0.1) is 0 Å². The lowest BCUT2D eigenvalue weighted by Gasteiger charge is -2.16. The van der Waals surface area contributed by atoms with Gasteiger partial charge in [-0.3, -0.25) is 0 Å². The molecule has 0 N–H and O–H groups in total. The van der Waals surface area contributed by atoms with Crippen molar-refractivity contribution in [3.63, 3.8) is 0 Å². The summed E-state index contributed by atoms with van der Waals surface area (Å²) in [5.41, 5.74) is 5.69. The molecule has 0 aromatic heterocycles. The summed E-state index contributed by atoms with van der Waals surface area (Å²) in [7, 11) is 0. The predicted octanol–water partition coefficient (Wildman–Crippen LogP) is 6.01. The van der Waals surface area contributed by atoms with E-state index in [4.69, 9.17) is 0 Å². The summed E-state index contributed by atoms with van der Waals surface area (Å²) < 4.78 is 4.83. The van der Waals surface area contributed by atoms with Gasteiger partial charge >= 0.3 is 0 Å². The van der Waals surface area contributed by atoms with Crippen LogP contribution < -0.4 is 0 Å². The van der Waals surface area contributed by atoms with Crippen molar-refractivity contribution in [2.24, 2.45) is 5.41 Å². The van der Waals surface area contributed by atoms with Gasteiger partial charge in [0.2, 0.25) is 0 Å². The maximum Gasteiger partial charge on any atom is 0.00111 e. The predicted molar refractivity (Wildman–Crippen MR) is 104 cm³/mol. The van der Waals surface area contributed by atoms with E-state index in [1.165, 1.54) is 33.0 Å². The summed E-state index contributed by atoms with van der Waals surface area (Å²) in [6.07, 6.45) is 11.6. The van der Waals surface area contributed by atoms with E-state index in [9.17, 15) is 0 Å². The van der Waals surface area contributed by atoms with Gasteiger partial charge in [-0.05, 0) is 47.2 Å². The third kappa shape index (κ3) is 2.15. The van der Waals surface area contributed by atoms with Crippen molar-refractivity contribution in [3.05, 3.63) is 62.8 Å².